The first-order chi connectivity index (χ1) is 6.42. The van der Waals surface area contributed by atoms with Crippen molar-refractivity contribution < 1.29 is 18.7 Å². The second-order valence-electron chi connectivity index (χ2n) is 2.80. The van der Waals surface area contributed by atoms with Gasteiger partial charge in [-0.05, 0) is 25.8 Å². The van der Waals surface area contributed by atoms with Gasteiger partial charge in [0.2, 0.25) is 0 Å². The fourth-order valence-corrected chi connectivity index (χ4v) is 1.14. The van der Waals surface area contributed by atoms with Crippen LogP contribution in [0.5, 0.6) is 0 Å². The zero-order valence-electron chi connectivity index (χ0n) is 7.47. The third-order valence-corrected chi connectivity index (χ3v) is 2.11. The lowest BCUT2D eigenvalue weighted by Crippen LogP contribution is -2.49. The van der Waals surface area contributed by atoms with Gasteiger partial charge in [-0.3, -0.25) is 0 Å². The summed E-state index contributed by atoms with van der Waals surface area (Å²) >= 11 is 5.47. The number of carboxylic acid groups (broad SMARTS) is 1. The van der Waals surface area contributed by atoms with E-state index in [2.05, 4.69) is 0 Å². The Hall–Kier alpha value is -0.460. The molecule has 14 heavy (non-hydrogen) atoms. The summed E-state index contributed by atoms with van der Waals surface area (Å²) in [7, 11) is 0. The van der Waals surface area contributed by atoms with Crippen molar-refractivity contribution in [2.24, 2.45) is 5.73 Å². The van der Waals surface area contributed by atoms with Crippen molar-refractivity contribution >= 4 is 17.6 Å². The summed E-state index contributed by atoms with van der Waals surface area (Å²) in [6.07, 6.45) is 0.837. The fourth-order valence-electron chi connectivity index (χ4n) is 0.927. The standard InChI is InChI=1S/C7H13ClF2N2O2/c8-7(5(13)14,12-6(9)10)3-1-2-4-11/h6,12H,1-4,11H2,(H,13,14). The molecule has 0 saturated carbocycles. The van der Waals surface area contributed by atoms with Crippen molar-refractivity contribution in [2.45, 2.75) is 30.8 Å². The molecule has 0 fully saturated rings. The van der Waals surface area contributed by atoms with E-state index >= 15 is 0 Å². The van der Waals surface area contributed by atoms with Gasteiger partial charge in [0.15, 0.2) is 5.00 Å². The van der Waals surface area contributed by atoms with Crippen molar-refractivity contribution in [3.63, 3.8) is 0 Å². The van der Waals surface area contributed by atoms with Gasteiger partial charge < -0.3 is 10.8 Å². The van der Waals surface area contributed by atoms with Crippen LogP contribution in [0.25, 0.3) is 0 Å². The average Bonchev–Trinajstić information content (AvgIpc) is 2.03. The molecule has 0 saturated heterocycles. The van der Waals surface area contributed by atoms with Gasteiger partial charge in [-0.15, -0.1) is 0 Å². The molecule has 0 aliphatic carbocycles. The van der Waals surface area contributed by atoms with E-state index in [4.69, 9.17) is 22.4 Å². The van der Waals surface area contributed by atoms with E-state index in [-0.39, 0.29) is 6.42 Å². The highest BCUT2D eigenvalue weighted by atomic mass is 35.5. The van der Waals surface area contributed by atoms with Crippen molar-refractivity contribution in [1.29, 1.82) is 0 Å². The van der Waals surface area contributed by atoms with Crippen molar-refractivity contribution in [3.05, 3.63) is 0 Å². The van der Waals surface area contributed by atoms with Gasteiger partial charge in [-0.1, -0.05) is 11.6 Å². The van der Waals surface area contributed by atoms with Crippen LogP contribution in [0.2, 0.25) is 0 Å². The molecule has 0 aromatic heterocycles. The molecule has 0 aliphatic heterocycles. The minimum Gasteiger partial charge on any atom is -0.479 e. The van der Waals surface area contributed by atoms with Crippen LogP contribution in [0.15, 0.2) is 0 Å². The van der Waals surface area contributed by atoms with Crippen LogP contribution in [0.1, 0.15) is 19.3 Å². The Morgan fingerprint density at radius 2 is 2.14 bits per heavy atom. The number of nitrogens with two attached hydrogens (primary N) is 1. The highest BCUT2D eigenvalue weighted by Gasteiger charge is 2.37. The van der Waals surface area contributed by atoms with E-state index in [9.17, 15) is 13.6 Å². The topological polar surface area (TPSA) is 75.3 Å². The molecular weight excluding hydrogens is 218 g/mol. The van der Waals surface area contributed by atoms with Crippen LogP contribution in [0, 0.1) is 0 Å². The predicted octanol–water partition coefficient (Wildman–Crippen LogP) is 0.947. The van der Waals surface area contributed by atoms with Crippen LogP contribution in [0.3, 0.4) is 0 Å². The summed E-state index contributed by atoms with van der Waals surface area (Å²) in [4.78, 5) is 8.50. The zero-order valence-corrected chi connectivity index (χ0v) is 8.23. The monoisotopic (exact) mass is 230 g/mol. The minimum atomic E-state index is -2.96. The number of unbranched alkanes of at least 4 members (excludes halogenated alkanes) is 1. The van der Waals surface area contributed by atoms with Gasteiger partial charge in [0.1, 0.15) is 0 Å². The van der Waals surface area contributed by atoms with E-state index in [0.29, 0.717) is 19.4 Å². The maximum atomic E-state index is 11.9. The molecular formula is C7H13ClF2N2O2. The second-order valence-corrected chi connectivity index (χ2v) is 3.44. The smallest absolute Gasteiger partial charge is 0.339 e. The van der Waals surface area contributed by atoms with Crippen LogP contribution < -0.4 is 11.1 Å². The molecule has 4 nitrogen and oxygen atoms in total. The Bertz CT molecular complexity index is 195. The lowest BCUT2D eigenvalue weighted by atomic mass is 10.1. The summed E-state index contributed by atoms with van der Waals surface area (Å²) in [6, 6.07) is 0. The van der Waals surface area contributed by atoms with Gasteiger partial charge in [0.25, 0.3) is 6.55 Å². The Labute approximate surface area is 85.4 Å². The quantitative estimate of drug-likeness (QED) is 0.346. The fraction of sp³-hybridized carbons (Fsp3) is 0.857. The predicted molar refractivity (Wildman–Crippen MR) is 48.3 cm³/mol. The lowest BCUT2D eigenvalue weighted by molar-refractivity contribution is -0.143. The molecule has 0 heterocycles. The van der Waals surface area contributed by atoms with Crippen LogP contribution in [-0.4, -0.2) is 29.2 Å². The molecule has 0 bridgehead atoms. The molecule has 0 radical (unpaired) electrons. The lowest BCUT2D eigenvalue weighted by Gasteiger charge is -2.23. The van der Waals surface area contributed by atoms with Gasteiger partial charge in [-0.2, -0.15) is 8.78 Å². The number of carbonyl (C=O) groups is 1. The van der Waals surface area contributed by atoms with Crippen molar-refractivity contribution in [1.82, 2.24) is 5.32 Å². The molecule has 84 valence electrons. The number of hydrogen-bond donors (Lipinski definition) is 3. The van der Waals surface area contributed by atoms with Gasteiger partial charge >= 0.3 is 5.97 Å². The third kappa shape index (κ3) is 4.69. The second kappa shape index (κ2) is 6.10. The molecule has 0 aromatic rings. The highest BCUT2D eigenvalue weighted by molar-refractivity contribution is 6.33. The SMILES string of the molecule is NCCCCC(Cl)(NC(F)F)C(=O)O. The van der Waals surface area contributed by atoms with Crippen LogP contribution in [-0.2, 0) is 4.79 Å². The number of hydrogen-bond acceptors (Lipinski definition) is 3. The molecule has 0 aromatic carbocycles. The zero-order chi connectivity index (χ0) is 11.2. The summed E-state index contributed by atoms with van der Waals surface area (Å²) in [5.41, 5.74) is 5.18. The Morgan fingerprint density at radius 1 is 1.57 bits per heavy atom. The number of carboxylic acids is 1. The molecule has 0 rings (SSSR count). The molecule has 1 atom stereocenters. The number of nitrogens with one attached hydrogen (secondary N) is 1. The first kappa shape index (κ1) is 13.5. The van der Waals surface area contributed by atoms with Crippen molar-refractivity contribution in [2.75, 3.05) is 6.54 Å². The van der Waals surface area contributed by atoms with Gasteiger partial charge in [0, 0.05) is 0 Å². The van der Waals surface area contributed by atoms with E-state index in [1.165, 1.54) is 5.32 Å². The maximum absolute atomic E-state index is 11.9. The van der Waals surface area contributed by atoms with E-state index in [1.54, 1.807) is 0 Å². The first-order valence-corrected chi connectivity index (χ1v) is 4.48. The first-order valence-electron chi connectivity index (χ1n) is 4.10. The molecule has 1 unspecified atom stereocenters. The van der Waals surface area contributed by atoms with E-state index in [1.807, 2.05) is 0 Å². The maximum Gasteiger partial charge on any atom is 0.339 e. The molecule has 0 aliphatic rings. The third-order valence-electron chi connectivity index (χ3n) is 1.65. The summed E-state index contributed by atoms with van der Waals surface area (Å²) in [5, 5.41) is 10.1. The van der Waals surface area contributed by atoms with Crippen LogP contribution >= 0.6 is 11.6 Å². The molecule has 4 N–H and O–H groups in total. The number of alkyl halides is 3. The number of rotatable bonds is 7. The largest absolute Gasteiger partial charge is 0.479 e. The van der Waals surface area contributed by atoms with Gasteiger partial charge in [0.05, 0.1) is 0 Å². The Balaban J connectivity index is 4.17. The summed E-state index contributed by atoms with van der Waals surface area (Å²) < 4.78 is 23.8. The van der Waals surface area contributed by atoms with Gasteiger partial charge in [-0.25, -0.2) is 10.1 Å². The van der Waals surface area contributed by atoms with E-state index in [0.717, 1.165) is 0 Å². The molecule has 0 amide bonds. The van der Waals surface area contributed by atoms with E-state index < -0.39 is 17.5 Å². The Kier molecular flexibility index (Phi) is 5.90. The van der Waals surface area contributed by atoms with Crippen LogP contribution in [0.4, 0.5) is 8.78 Å². The molecule has 0 spiro atoms. The minimum absolute atomic E-state index is 0.0918. The van der Waals surface area contributed by atoms with Crippen molar-refractivity contribution in [3.8, 4) is 0 Å². The normalized spacial score (nSPS) is 15.5. The summed E-state index contributed by atoms with van der Waals surface area (Å²) in [6.45, 7) is -2.58. The Morgan fingerprint density at radius 3 is 2.50 bits per heavy atom. The highest BCUT2D eigenvalue weighted by Crippen LogP contribution is 2.21. The number of halogens is 3. The summed E-state index contributed by atoms with van der Waals surface area (Å²) in [5.74, 6) is -1.50. The molecule has 7 heteroatoms. The average molecular weight is 231 g/mol. The number of aliphatic carboxylic acids is 1.